The molecule has 0 spiro atoms. The lowest BCUT2D eigenvalue weighted by atomic mass is 10.0. The lowest BCUT2D eigenvalue weighted by Crippen LogP contribution is -2.33. The van der Waals surface area contributed by atoms with Crippen molar-refractivity contribution in [2.75, 3.05) is 55.5 Å². The number of methoxy groups -OCH3 is 1. The van der Waals surface area contributed by atoms with Gasteiger partial charge in [-0.3, -0.25) is 4.79 Å². The van der Waals surface area contributed by atoms with E-state index in [1.54, 1.807) is 13.2 Å². The van der Waals surface area contributed by atoms with Gasteiger partial charge in [0.05, 0.1) is 18.0 Å². The number of nitrogens with zero attached hydrogens (tertiary/aromatic N) is 1. The van der Waals surface area contributed by atoms with E-state index in [4.69, 9.17) is 10.5 Å². The zero-order valence-electron chi connectivity index (χ0n) is 14.3. The summed E-state index contributed by atoms with van der Waals surface area (Å²) in [6.07, 6.45) is 3.38. The number of rotatable bonds is 7. The lowest BCUT2D eigenvalue weighted by molar-refractivity contribution is 0.0941. The maximum absolute atomic E-state index is 12.3. The number of carbonyl (C=O) groups is 1. The molecule has 0 atom stereocenters. The van der Waals surface area contributed by atoms with Gasteiger partial charge in [-0.05, 0) is 42.9 Å². The van der Waals surface area contributed by atoms with Crippen molar-refractivity contribution in [2.45, 2.75) is 19.3 Å². The third-order valence-corrected chi connectivity index (χ3v) is 5.93. The minimum atomic E-state index is -0.0457. The summed E-state index contributed by atoms with van der Waals surface area (Å²) >= 11 is 1.97. The molecule has 1 saturated heterocycles. The van der Waals surface area contributed by atoms with Crippen LogP contribution in [0.5, 0.6) is 0 Å². The zero-order chi connectivity index (χ0) is 17.0. The number of carbonyl (C=O) groups excluding carboxylic acids is 1. The van der Waals surface area contributed by atoms with E-state index in [0.717, 1.165) is 43.3 Å². The quantitative estimate of drug-likeness (QED) is 0.740. The molecule has 1 heterocycles. The van der Waals surface area contributed by atoms with Crippen LogP contribution in [0.25, 0.3) is 0 Å². The number of hydrogen-bond acceptors (Lipinski definition) is 5. The molecular weight excluding hydrogens is 322 g/mol. The Bertz CT molecular complexity index is 584. The molecule has 0 unspecified atom stereocenters. The molecule has 6 heteroatoms. The van der Waals surface area contributed by atoms with Gasteiger partial charge in [-0.2, -0.15) is 11.8 Å². The minimum Gasteiger partial charge on any atom is -0.397 e. The standard InChI is InChI=1S/C18H27N3O2S/c1-23-13-18(4-5-18)6-7-20-17(22)14-2-3-16(15(19)12-14)21-8-10-24-11-9-21/h2-3,12H,4-11,13,19H2,1H3,(H,20,22). The van der Waals surface area contributed by atoms with E-state index in [0.29, 0.717) is 23.2 Å². The van der Waals surface area contributed by atoms with E-state index in [-0.39, 0.29) is 5.91 Å². The summed E-state index contributed by atoms with van der Waals surface area (Å²) in [5.74, 6) is 2.21. The fourth-order valence-electron chi connectivity index (χ4n) is 3.28. The maximum Gasteiger partial charge on any atom is 0.251 e. The SMILES string of the molecule is COCC1(CCNC(=O)c2ccc(N3CCSCC3)c(N)c2)CC1. The normalized spacial score (nSPS) is 19.1. The second kappa shape index (κ2) is 7.66. The zero-order valence-corrected chi connectivity index (χ0v) is 15.2. The molecule has 2 aliphatic rings. The van der Waals surface area contributed by atoms with Crippen molar-refractivity contribution in [2.24, 2.45) is 5.41 Å². The molecule has 0 aromatic heterocycles. The van der Waals surface area contributed by atoms with Crippen molar-refractivity contribution in [1.29, 1.82) is 0 Å². The molecular formula is C18H27N3O2S. The monoisotopic (exact) mass is 349 g/mol. The van der Waals surface area contributed by atoms with Crippen molar-refractivity contribution in [1.82, 2.24) is 5.32 Å². The second-order valence-corrected chi connectivity index (χ2v) is 8.04. The summed E-state index contributed by atoms with van der Waals surface area (Å²) in [5.41, 5.74) is 8.87. The Hall–Kier alpha value is -1.40. The van der Waals surface area contributed by atoms with Crippen LogP contribution in [0.15, 0.2) is 18.2 Å². The predicted octanol–water partition coefficient (Wildman–Crippen LogP) is 2.37. The van der Waals surface area contributed by atoms with E-state index in [9.17, 15) is 4.79 Å². The molecule has 5 nitrogen and oxygen atoms in total. The van der Waals surface area contributed by atoms with Gasteiger partial charge in [-0.15, -0.1) is 0 Å². The first-order chi connectivity index (χ1) is 11.6. The maximum atomic E-state index is 12.3. The molecule has 0 radical (unpaired) electrons. The Balaban J connectivity index is 1.54. The summed E-state index contributed by atoms with van der Waals surface area (Å²) in [6, 6.07) is 5.66. The average molecular weight is 350 g/mol. The first kappa shape index (κ1) is 17.4. The number of ether oxygens (including phenoxy) is 1. The molecule has 0 bridgehead atoms. The number of thioether (sulfide) groups is 1. The van der Waals surface area contributed by atoms with Crippen LogP contribution in [0.2, 0.25) is 0 Å². The van der Waals surface area contributed by atoms with Gasteiger partial charge < -0.3 is 20.7 Å². The Kier molecular flexibility index (Phi) is 5.56. The van der Waals surface area contributed by atoms with E-state index < -0.39 is 0 Å². The van der Waals surface area contributed by atoms with E-state index in [1.165, 1.54) is 12.8 Å². The second-order valence-electron chi connectivity index (χ2n) is 6.81. The molecule has 1 aromatic rings. The molecule has 1 saturated carbocycles. The van der Waals surface area contributed by atoms with Crippen LogP contribution < -0.4 is 16.0 Å². The largest absolute Gasteiger partial charge is 0.397 e. The third-order valence-electron chi connectivity index (χ3n) is 4.99. The van der Waals surface area contributed by atoms with Gasteiger partial charge in [0.2, 0.25) is 0 Å². The highest BCUT2D eigenvalue weighted by atomic mass is 32.2. The van der Waals surface area contributed by atoms with Crippen molar-refractivity contribution < 1.29 is 9.53 Å². The molecule has 3 rings (SSSR count). The summed E-state index contributed by atoms with van der Waals surface area (Å²) in [7, 11) is 1.74. The van der Waals surface area contributed by atoms with E-state index in [1.807, 2.05) is 23.9 Å². The number of nitrogens with one attached hydrogen (secondary N) is 1. The van der Waals surface area contributed by atoms with E-state index >= 15 is 0 Å². The Labute approximate surface area is 148 Å². The van der Waals surface area contributed by atoms with Gasteiger partial charge in [0.1, 0.15) is 0 Å². The molecule has 24 heavy (non-hydrogen) atoms. The van der Waals surface area contributed by atoms with Crippen molar-refractivity contribution >= 4 is 29.0 Å². The highest BCUT2D eigenvalue weighted by Crippen LogP contribution is 2.48. The van der Waals surface area contributed by atoms with Crippen molar-refractivity contribution in [3.63, 3.8) is 0 Å². The molecule has 1 aliphatic heterocycles. The van der Waals surface area contributed by atoms with Gasteiger partial charge in [0.15, 0.2) is 0 Å². The summed E-state index contributed by atoms with van der Waals surface area (Å²) < 4.78 is 5.26. The minimum absolute atomic E-state index is 0.0457. The first-order valence-corrected chi connectivity index (χ1v) is 9.78. The average Bonchev–Trinajstić information content (AvgIpc) is 3.35. The van der Waals surface area contributed by atoms with Crippen LogP contribution in [0.3, 0.4) is 0 Å². The fourth-order valence-corrected chi connectivity index (χ4v) is 4.18. The smallest absolute Gasteiger partial charge is 0.251 e. The number of benzene rings is 1. The van der Waals surface area contributed by atoms with E-state index in [2.05, 4.69) is 10.2 Å². The fraction of sp³-hybridized carbons (Fsp3) is 0.611. The highest BCUT2D eigenvalue weighted by molar-refractivity contribution is 7.99. The third kappa shape index (κ3) is 4.16. The Morgan fingerprint density at radius 1 is 1.38 bits per heavy atom. The first-order valence-electron chi connectivity index (χ1n) is 8.63. The van der Waals surface area contributed by atoms with Crippen LogP contribution in [0.1, 0.15) is 29.6 Å². The molecule has 1 aromatic carbocycles. The van der Waals surface area contributed by atoms with Gasteiger partial charge >= 0.3 is 0 Å². The van der Waals surface area contributed by atoms with Crippen LogP contribution in [0.4, 0.5) is 11.4 Å². The number of hydrogen-bond donors (Lipinski definition) is 2. The van der Waals surface area contributed by atoms with Crippen LogP contribution in [-0.2, 0) is 4.74 Å². The molecule has 1 aliphatic carbocycles. The molecule has 3 N–H and O–H groups in total. The number of nitrogens with two attached hydrogens (primary N) is 1. The Morgan fingerprint density at radius 2 is 2.12 bits per heavy atom. The van der Waals surface area contributed by atoms with Crippen LogP contribution in [0, 0.1) is 5.41 Å². The van der Waals surface area contributed by atoms with Crippen LogP contribution in [-0.4, -0.2) is 50.8 Å². The molecule has 2 fully saturated rings. The molecule has 132 valence electrons. The lowest BCUT2D eigenvalue weighted by Gasteiger charge is -2.29. The highest BCUT2D eigenvalue weighted by Gasteiger charge is 2.41. The van der Waals surface area contributed by atoms with Gasteiger partial charge in [0, 0.05) is 43.8 Å². The summed E-state index contributed by atoms with van der Waals surface area (Å²) in [6.45, 7) is 3.51. The number of anilines is 2. The van der Waals surface area contributed by atoms with Crippen molar-refractivity contribution in [3.8, 4) is 0 Å². The van der Waals surface area contributed by atoms with Crippen LogP contribution >= 0.6 is 11.8 Å². The predicted molar refractivity (Wildman–Crippen MR) is 101 cm³/mol. The summed E-state index contributed by atoms with van der Waals surface area (Å²) in [5, 5.41) is 3.01. The van der Waals surface area contributed by atoms with Crippen molar-refractivity contribution in [3.05, 3.63) is 23.8 Å². The summed E-state index contributed by atoms with van der Waals surface area (Å²) in [4.78, 5) is 14.6. The number of amides is 1. The molecule has 1 amide bonds. The number of nitrogen functional groups attached to an aromatic ring is 1. The van der Waals surface area contributed by atoms with Gasteiger partial charge in [-0.25, -0.2) is 0 Å². The van der Waals surface area contributed by atoms with Gasteiger partial charge in [-0.1, -0.05) is 0 Å². The topological polar surface area (TPSA) is 67.6 Å². The Morgan fingerprint density at radius 3 is 2.75 bits per heavy atom. The van der Waals surface area contributed by atoms with Gasteiger partial charge in [0.25, 0.3) is 5.91 Å².